The number of hydrogen-bond acceptors (Lipinski definition) is 5. The molecule has 122 valence electrons. The summed E-state index contributed by atoms with van der Waals surface area (Å²) in [4.78, 5) is 28.2. The summed E-state index contributed by atoms with van der Waals surface area (Å²) in [5.41, 5.74) is 3.21. The second kappa shape index (κ2) is 5.56. The maximum absolute atomic E-state index is 12.5. The molecular formula is C17H16ClN5O. The molecule has 0 spiro atoms. The van der Waals surface area contributed by atoms with Crippen molar-refractivity contribution in [3.63, 3.8) is 0 Å². The van der Waals surface area contributed by atoms with Crippen molar-refractivity contribution in [2.24, 2.45) is 7.05 Å². The van der Waals surface area contributed by atoms with Gasteiger partial charge in [0.1, 0.15) is 11.6 Å². The van der Waals surface area contributed by atoms with Crippen LogP contribution in [-0.2, 0) is 20.0 Å². The third kappa shape index (κ3) is 2.43. The number of aromatic nitrogens is 4. The molecule has 1 aromatic carbocycles. The van der Waals surface area contributed by atoms with E-state index in [4.69, 9.17) is 11.6 Å². The molecule has 0 atom stereocenters. The molecule has 0 bridgehead atoms. The fraction of sp³-hybridized carbons (Fsp3) is 0.294. The molecule has 3 heterocycles. The van der Waals surface area contributed by atoms with Gasteiger partial charge in [-0.3, -0.25) is 14.3 Å². The molecule has 2 aromatic heterocycles. The van der Waals surface area contributed by atoms with Gasteiger partial charge in [0.25, 0.3) is 5.56 Å². The number of nitrogens with zero attached hydrogens (tertiary/aromatic N) is 5. The summed E-state index contributed by atoms with van der Waals surface area (Å²) >= 11 is 5.99. The van der Waals surface area contributed by atoms with Crippen LogP contribution in [0.25, 0.3) is 11.0 Å². The van der Waals surface area contributed by atoms with Crippen LogP contribution in [0.5, 0.6) is 0 Å². The van der Waals surface area contributed by atoms with Crippen molar-refractivity contribution in [2.45, 2.75) is 19.9 Å². The van der Waals surface area contributed by atoms with E-state index in [0.29, 0.717) is 11.6 Å². The highest BCUT2D eigenvalue weighted by Crippen LogP contribution is 2.23. The number of halogens is 1. The summed E-state index contributed by atoms with van der Waals surface area (Å²) in [6.07, 6.45) is 2.46. The van der Waals surface area contributed by atoms with Crippen LogP contribution >= 0.6 is 11.6 Å². The van der Waals surface area contributed by atoms with Gasteiger partial charge in [-0.25, -0.2) is 9.97 Å². The third-order valence-electron chi connectivity index (χ3n) is 4.48. The normalized spacial score (nSPS) is 14.0. The molecule has 1 aliphatic heterocycles. The molecule has 0 N–H and O–H groups in total. The summed E-state index contributed by atoms with van der Waals surface area (Å²) in [6, 6.07) is 5.45. The van der Waals surface area contributed by atoms with Crippen LogP contribution in [-0.4, -0.2) is 26.1 Å². The van der Waals surface area contributed by atoms with Gasteiger partial charge in [-0.15, -0.1) is 0 Å². The smallest absolute Gasteiger partial charge is 0.258 e. The van der Waals surface area contributed by atoms with Crippen LogP contribution in [0.15, 0.2) is 29.2 Å². The summed E-state index contributed by atoms with van der Waals surface area (Å²) in [5, 5.41) is 0.640. The monoisotopic (exact) mass is 341 g/mol. The second-order valence-corrected chi connectivity index (χ2v) is 6.42. The standard InChI is InChI=1S/C17H16ClN5O/c1-10-20-13-5-6-23(9-12(13)17(24)22(10)2)16-8-19-15-7-11(18)3-4-14(15)21-16/h3-4,7-8H,5-6,9H2,1-2H3. The van der Waals surface area contributed by atoms with Crippen LogP contribution < -0.4 is 10.5 Å². The lowest BCUT2D eigenvalue weighted by molar-refractivity contribution is 0.650. The van der Waals surface area contributed by atoms with Crippen LogP contribution in [0.4, 0.5) is 5.82 Å². The van der Waals surface area contributed by atoms with Crippen molar-refractivity contribution in [3.8, 4) is 0 Å². The van der Waals surface area contributed by atoms with Crippen LogP contribution in [0, 0.1) is 6.92 Å². The molecule has 0 unspecified atom stereocenters. The molecule has 0 radical (unpaired) electrons. The van der Waals surface area contributed by atoms with Gasteiger partial charge in [0.15, 0.2) is 0 Å². The molecule has 24 heavy (non-hydrogen) atoms. The molecule has 4 rings (SSSR count). The van der Waals surface area contributed by atoms with Gasteiger partial charge in [-0.2, -0.15) is 0 Å². The predicted molar refractivity (Wildman–Crippen MR) is 93.5 cm³/mol. The van der Waals surface area contributed by atoms with Crippen molar-refractivity contribution in [1.82, 2.24) is 19.5 Å². The van der Waals surface area contributed by atoms with Gasteiger partial charge < -0.3 is 4.90 Å². The highest BCUT2D eigenvalue weighted by atomic mass is 35.5. The molecule has 3 aromatic rings. The lowest BCUT2D eigenvalue weighted by Gasteiger charge is -2.29. The minimum Gasteiger partial charge on any atom is -0.350 e. The van der Waals surface area contributed by atoms with E-state index in [0.717, 1.165) is 46.9 Å². The summed E-state index contributed by atoms with van der Waals surface area (Å²) in [5.74, 6) is 1.51. The van der Waals surface area contributed by atoms with Crippen molar-refractivity contribution >= 4 is 28.5 Å². The van der Waals surface area contributed by atoms with E-state index in [9.17, 15) is 4.79 Å². The summed E-state index contributed by atoms with van der Waals surface area (Å²) in [7, 11) is 1.75. The lowest BCUT2D eigenvalue weighted by atomic mass is 10.1. The Morgan fingerprint density at radius 2 is 2.04 bits per heavy atom. The average molecular weight is 342 g/mol. The van der Waals surface area contributed by atoms with E-state index in [1.807, 2.05) is 13.0 Å². The first-order valence-corrected chi connectivity index (χ1v) is 8.13. The van der Waals surface area contributed by atoms with Crippen LogP contribution in [0.1, 0.15) is 17.1 Å². The predicted octanol–water partition coefficient (Wildman–Crippen LogP) is 2.25. The van der Waals surface area contributed by atoms with E-state index in [2.05, 4.69) is 19.9 Å². The van der Waals surface area contributed by atoms with Crippen LogP contribution in [0.3, 0.4) is 0 Å². The maximum atomic E-state index is 12.5. The van der Waals surface area contributed by atoms with E-state index in [1.54, 1.807) is 29.9 Å². The fourth-order valence-corrected chi connectivity index (χ4v) is 3.18. The van der Waals surface area contributed by atoms with Gasteiger partial charge >= 0.3 is 0 Å². The lowest BCUT2D eigenvalue weighted by Crippen LogP contribution is -2.38. The fourth-order valence-electron chi connectivity index (χ4n) is 3.01. The number of anilines is 1. The van der Waals surface area contributed by atoms with Gasteiger partial charge in [-0.1, -0.05) is 11.6 Å². The second-order valence-electron chi connectivity index (χ2n) is 5.98. The Morgan fingerprint density at radius 3 is 2.88 bits per heavy atom. The maximum Gasteiger partial charge on any atom is 0.258 e. The summed E-state index contributed by atoms with van der Waals surface area (Å²) < 4.78 is 1.59. The van der Waals surface area contributed by atoms with Gasteiger partial charge in [-0.05, 0) is 25.1 Å². The number of fused-ring (bicyclic) bond motifs is 2. The van der Waals surface area contributed by atoms with Gasteiger partial charge in [0.2, 0.25) is 0 Å². The van der Waals surface area contributed by atoms with E-state index >= 15 is 0 Å². The average Bonchev–Trinajstić information content (AvgIpc) is 2.59. The number of aryl methyl sites for hydroxylation is 1. The van der Waals surface area contributed by atoms with Gasteiger partial charge in [0, 0.05) is 25.0 Å². The SMILES string of the molecule is Cc1nc2c(c(=O)n1C)CN(c1cnc3cc(Cl)ccc3n1)CC2. The number of benzene rings is 1. The Bertz CT molecular complexity index is 1010. The highest BCUT2D eigenvalue weighted by Gasteiger charge is 2.23. The van der Waals surface area contributed by atoms with Crippen molar-refractivity contribution in [2.75, 3.05) is 11.4 Å². The largest absolute Gasteiger partial charge is 0.350 e. The molecule has 7 heteroatoms. The van der Waals surface area contributed by atoms with E-state index in [1.165, 1.54) is 0 Å². The molecule has 0 amide bonds. The van der Waals surface area contributed by atoms with Gasteiger partial charge in [0.05, 0.1) is 35.0 Å². The molecule has 0 saturated carbocycles. The number of hydrogen-bond donors (Lipinski definition) is 0. The van der Waals surface area contributed by atoms with E-state index < -0.39 is 0 Å². The Hall–Kier alpha value is -2.47. The molecule has 0 fully saturated rings. The quantitative estimate of drug-likeness (QED) is 0.679. The first-order chi connectivity index (χ1) is 11.5. The van der Waals surface area contributed by atoms with Crippen molar-refractivity contribution in [3.05, 3.63) is 56.9 Å². The Balaban J connectivity index is 1.73. The Labute approximate surface area is 143 Å². The zero-order valence-corrected chi connectivity index (χ0v) is 14.2. The zero-order valence-electron chi connectivity index (χ0n) is 13.5. The molecule has 1 aliphatic rings. The minimum atomic E-state index is 0.0164. The Morgan fingerprint density at radius 1 is 1.21 bits per heavy atom. The van der Waals surface area contributed by atoms with Crippen molar-refractivity contribution in [1.29, 1.82) is 0 Å². The van der Waals surface area contributed by atoms with Crippen molar-refractivity contribution < 1.29 is 0 Å². The molecular weight excluding hydrogens is 326 g/mol. The minimum absolute atomic E-state index is 0.0164. The first-order valence-electron chi connectivity index (χ1n) is 7.75. The summed E-state index contributed by atoms with van der Waals surface area (Å²) in [6.45, 7) is 3.12. The molecule has 0 aliphatic carbocycles. The third-order valence-corrected chi connectivity index (χ3v) is 4.71. The molecule has 0 saturated heterocycles. The highest BCUT2D eigenvalue weighted by molar-refractivity contribution is 6.31. The van der Waals surface area contributed by atoms with Crippen LogP contribution in [0.2, 0.25) is 5.02 Å². The first kappa shape index (κ1) is 15.1. The van der Waals surface area contributed by atoms with E-state index in [-0.39, 0.29) is 5.56 Å². The zero-order chi connectivity index (χ0) is 16.8. The topological polar surface area (TPSA) is 63.9 Å². The molecule has 6 nitrogen and oxygen atoms in total. The Kier molecular flexibility index (Phi) is 3.49. The number of rotatable bonds is 1.